The van der Waals surface area contributed by atoms with Crippen LogP contribution < -0.4 is 5.32 Å². The number of rotatable bonds is 2. The highest BCUT2D eigenvalue weighted by atomic mass is 35.5. The molecule has 0 heterocycles. The Balaban J connectivity index is 0.000000980. The first-order valence-corrected chi connectivity index (χ1v) is 4.70. The molecule has 4 heteroatoms. The molecule has 0 bridgehead atoms. The zero-order chi connectivity index (χ0) is 9.47. The summed E-state index contributed by atoms with van der Waals surface area (Å²) in [6, 6.07) is 4.87. The van der Waals surface area contributed by atoms with Crippen LogP contribution in [0.15, 0.2) is 18.2 Å². The molecule has 1 N–H and O–H groups in total. The van der Waals surface area contributed by atoms with Gasteiger partial charge in [0.15, 0.2) is 0 Å². The second-order valence-corrected chi connectivity index (χ2v) is 3.89. The maximum Gasteiger partial charge on any atom is 0.129 e. The van der Waals surface area contributed by atoms with Crippen LogP contribution in [0.3, 0.4) is 0 Å². The van der Waals surface area contributed by atoms with Gasteiger partial charge >= 0.3 is 0 Å². The lowest BCUT2D eigenvalue weighted by molar-refractivity contribution is 0.526. The van der Waals surface area contributed by atoms with Crippen molar-refractivity contribution >= 4 is 24.0 Å². The van der Waals surface area contributed by atoms with Crippen molar-refractivity contribution in [3.05, 3.63) is 34.6 Å². The van der Waals surface area contributed by atoms with Gasteiger partial charge in [-0.1, -0.05) is 17.7 Å². The fourth-order valence-electron chi connectivity index (χ4n) is 1.66. The van der Waals surface area contributed by atoms with E-state index in [1.807, 2.05) is 7.05 Å². The van der Waals surface area contributed by atoms with Crippen LogP contribution in [0.4, 0.5) is 4.39 Å². The number of benzene rings is 1. The first kappa shape index (κ1) is 11.8. The van der Waals surface area contributed by atoms with E-state index in [1.165, 1.54) is 6.07 Å². The van der Waals surface area contributed by atoms with Crippen molar-refractivity contribution < 1.29 is 4.39 Å². The second-order valence-electron chi connectivity index (χ2n) is 3.46. The smallest absolute Gasteiger partial charge is 0.129 e. The van der Waals surface area contributed by atoms with Crippen LogP contribution in [0.1, 0.15) is 18.4 Å². The normalized spacial score (nSPS) is 17.4. The van der Waals surface area contributed by atoms with E-state index >= 15 is 0 Å². The first-order chi connectivity index (χ1) is 6.18. The molecule has 14 heavy (non-hydrogen) atoms. The molecule has 1 aromatic carbocycles. The van der Waals surface area contributed by atoms with E-state index in [0.29, 0.717) is 5.02 Å². The minimum absolute atomic E-state index is 0. The first-order valence-electron chi connectivity index (χ1n) is 4.32. The van der Waals surface area contributed by atoms with Gasteiger partial charge in [0, 0.05) is 16.1 Å². The molecule has 0 atom stereocenters. The van der Waals surface area contributed by atoms with Crippen molar-refractivity contribution in [2.75, 3.05) is 7.05 Å². The summed E-state index contributed by atoms with van der Waals surface area (Å²) < 4.78 is 13.4. The van der Waals surface area contributed by atoms with Crippen molar-refractivity contribution in [2.45, 2.75) is 18.4 Å². The van der Waals surface area contributed by atoms with Gasteiger partial charge in [-0.05, 0) is 32.0 Å². The largest absolute Gasteiger partial charge is 0.310 e. The van der Waals surface area contributed by atoms with Crippen molar-refractivity contribution in [3.8, 4) is 0 Å². The summed E-state index contributed by atoms with van der Waals surface area (Å²) in [5.41, 5.74) is 0.619. The summed E-state index contributed by atoms with van der Waals surface area (Å²) in [5, 5.41) is 3.60. The van der Waals surface area contributed by atoms with Crippen LogP contribution in [-0.2, 0) is 5.54 Å². The van der Waals surface area contributed by atoms with Crippen molar-refractivity contribution in [2.24, 2.45) is 0 Å². The van der Waals surface area contributed by atoms with Gasteiger partial charge in [0.1, 0.15) is 5.82 Å². The zero-order valence-electron chi connectivity index (χ0n) is 7.81. The zero-order valence-corrected chi connectivity index (χ0v) is 9.38. The lowest BCUT2D eigenvalue weighted by Gasteiger charge is -2.15. The Morgan fingerprint density at radius 2 is 2.07 bits per heavy atom. The van der Waals surface area contributed by atoms with E-state index in [-0.39, 0.29) is 23.8 Å². The summed E-state index contributed by atoms with van der Waals surface area (Å²) in [5.74, 6) is -0.209. The van der Waals surface area contributed by atoms with Gasteiger partial charge in [-0.15, -0.1) is 12.4 Å². The second kappa shape index (κ2) is 4.05. The molecule has 1 aromatic rings. The van der Waals surface area contributed by atoms with Gasteiger partial charge in [-0.25, -0.2) is 4.39 Å². The maximum absolute atomic E-state index is 13.4. The molecule has 0 spiro atoms. The van der Waals surface area contributed by atoms with Crippen LogP contribution in [0, 0.1) is 5.82 Å². The fourth-order valence-corrected chi connectivity index (χ4v) is 1.82. The van der Waals surface area contributed by atoms with E-state index in [0.717, 1.165) is 18.4 Å². The van der Waals surface area contributed by atoms with Crippen molar-refractivity contribution in [3.63, 3.8) is 0 Å². The quantitative estimate of drug-likeness (QED) is 0.831. The minimum atomic E-state index is -0.209. The van der Waals surface area contributed by atoms with E-state index in [4.69, 9.17) is 11.6 Å². The molecule has 0 saturated heterocycles. The summed E-state index contributed by atoms with van der Waals surface area (Å²) in [7, 11) is 1.86. The van der Waals surface area contributed by atoms with Crippen LogP contribution in [0.5, 0.6) is 0 Å². The van der Waals surface area contributed by atoms with E-state index in [9.17, 15) is 4.39 Å². The summed E-state index contributed by atoms with van der Waals surface area (Å²) in [4.78, 5) is 0. The molecule has 0 radical (unpaired) electrons. The van der Waals surface area contributed by atoms with Gasteiger partial charge in [0.25, 0.3) is 0 Å². The molecule has 1 nitrogen and oxygen atoms in total. The molecule has 0 unspecified atom stereocenters. The maximum atomic E-state index is 13.4. The Kier molecular flexibility index (Phi) is 3.40. The lowest BCUT2D eigenvalue weighted by Crippen LogP contribution is -2.25. The Morgan fingerprint density at radius 1 is 1.43 bits per heavy atom. The van der Waals surface area contributed by atoms with Gasteiger partial charge < -0.3 is 5.32 Å². The molecule has 1 fully saturated rings. The predicted octanol–water partition coefficient (Wildman–Crippen LogP) is 3.11. The SMILES string of the molecule is CNC1(c2ccc(Cl)cc2F)CC1.Cl. The highest BCUT2D eigenvalue weighted by Crippen LogP contribution is 2.46. The third-order valence-electron chi connectivity index (χ3n) is 2.68. The van der Waals surface area contributed by atoms with Crippen LogP contribution >= 0.6 is 24.0 Å². The Bertz CT molecular complexity index is 337. The molecule has 1 aliphatic carbocycles. The number of hydrogen-bond donors (Lipinski definition) is 1. The van der Waals surface area contributed by atoms with E-state index < -0.39 is 0 Å². The van der Waals surface area contributed by atoms with Crippen LogP contribution in [0.2, 0.25) is 5.02 Å². The Morgan fingerprint density at radius 3 is 2.50 bits per heavy atom. The van der Waals surface area contributed by atoms with Gasteiger partial charge in [-0.3, -0.25) is 0 Å². The predicted molar refractivity (Wildman–Crippen MR) is 58.6 cm³/mol. The molecule has 1 saturated carbocycles. The number of halogens is 3. The molecule has 0 aromatic heterocycles. The minimum Gasteiger partial charge on any atom is -0.310 e. The molecule has 0 aliphatic heterocycles. The number of nitrogens with one attached hydrogen (secondary N) is 1. The summed E-state index contributed by atoms with van der Waals surface area (Å²) >= 11 is 5.67. The summed E-state index contributed by atoms with van der Waals surface area (Å²) in [6.45, 7) is 0. The molecule has 2 rings (SSSR count). The third kappa shape index (κ3) is 1.88. The fraction of sp³-hybridized carbons (Fsp3) is 0.400. The van der Waals surface area contributed by atoms with Crippen LogP contribution in [-0.4, -0.2) is 7.05 Å². The van der Waals surface area contributed by atoms with Gasteiger partial charge in [0.2, 0.25) is 0 Å². The monoisotopic (exact) mass is 235 g/mol. The highest BCUT2D eigenvalue weighted by molar-refractivity contribution is 6.30. The number of hydrogen-bond acceptors (Lipinski definition) is 1. The Hall–Kier alpha value is -0.310. The van der Waals surface area contributed by atoms with E-state index in [2.05, 4.69) is 5.32 Å². The van der Waals surface area contributed by atoms with Crippen molar-refractivity contribution in [1.82, 2.24) is 5.32 Å². The highest BCUT2D eigenvalue weighted by Gasteiger charge is 2.44. The van der Waals surface area contributed by atoms with Gasteiger partial charge in [-0.2, -0.15) is 0 Å². The average molecular weight is 236 g/mol. The lowest BCUT2D eigenvalue weighted by atomic mass is 10.0. The average Bonchev–Trinajstić information content (AvgIpc) is 2.85. The molecule has 78 valence electrons. The standard InChI is InChI=1S/C10H11ClFN.ClH/c1-13-10(4-5-10)8-3-2-7(11)6-9(8)12;/h2-3,6,13H,4-5H2,1H3;1H. The van der Waals surface area contributed by atoms with Gasteiger partial charge in [0.05, 0.1) is 0 Å². The third-order valence-corrected chi connectivity index (χ3v) is 2.91. The molecular weight excluding hydrogens is 224 g/mol. The van der Waals surface area contributed by atoms with Crippen LogP contribution in [0.25, 0.3) is 0 Å². The molecular formula is C10H12Cl2FN. The Labute approximate surface area is 94.1 Å². The summed E-state index contributed by atoms with van der Waals surface area (Å²) in [6.07, 6.45) is 2.00. The molecule has 0 amide bonds. The topological polar surface area (TPSA) is 12.0 Å². The van der Waals surface area contributed by atoms with Crippen molar-refractivity contribution in [1.29, 1.82) is 0 Å². The molecule has 1 aliphatic rings. The van der Waals surface area contributed by atoms with E-state index in [1.54, 1.807) is 12.1 Å².